The first kappa shape index (κ1) is 14.6. The summed E-state index contributed by atoms with van der Waals surface area (Å²) in [5.41, 5.74) is 1.15. The van der Waals surface area contributed by atoms with E-state index in [-0.39, 0.29) is 0 Å². The van der Waals surface area contributed by atoms with Crippen LogP contribution in [0.1, 0.15) is 31.2 Å². The van der Waals surface area contributed by atoms with Gasteiger partial charge < -0.3 is 5.32 Å². The maximum atomic E-state index is 6.26. The first-order valence-corrected chi connectivity index (χ1v) is 8.36. The van der Waals surface area contributed by atoms with Crippen molar-refractivity contribution in [1.29, 1.82) is 0 Å². The third-order valence-electron chi connectivity index (χ3n) is 4.41. The van der Waals surface area contributed by atoms with E-state index in [0.29, 0.717) is 10.0 Å². The zero-order valence-electron chi connectivity index (χ0n) is 11.7. The number of piperidine rings is 1. The summed E-state index contributed by atoms with van der Waals surface area (Å²) in [6.07, 6.45) is 5.34. The normalized spacial score (nSPS) is 21.3. The highest BCUT2D eigenvalue weighted by Crippen LogP contribution is 2.28. The molecular formula is C16H22Cl2N2. The molecule has 110 valence electrons. The minimum absolute atomic E-state index is 0.660. The van der Waals surface area contributed by atoms with Crippen molar-refractivity contribution in [2.24, 2.45) is 5.92 Å². The number of rotatable bonds is 5. The van der Waals surface area contributed by atoms with Gasteiger partial charge in [-0.3, -0.25) is 4.90 Å². The van der Waals surface area contributed by atoms with Crippen LogP contribution in [0.5, 0.6) is 0 Å². The highest BCUT2D eigenvalue weighted by molar-refractivity contribution is 6.42. The van der Waals surface area contributed by atoms with Crippen LogP contribution in [0.15, 0.2) is 18.2 Å². The summed E-state index contributed by atoms with van der Waals surface area (Å²) in [7, 11) is 0. The lowest BCUT2D eigenvalue weighted by molar-refractivity contribution is 0.175. The molecular weight excluding hydrogens is 291 g/mol. The molecule has 0 radical (unpaired) electrons. The largest absolute Gasteiger partial charge is 0.314 e. The van der Waals surface area contributed by atoms with Gasteiger partial charge in [-0.1, -0.05) is 35.3 Å². The Balaban J connectivity index is 1.46. The van der Waals surface area contributed by atoms with Gasteiger partial charge in [0.25, 0.3) is 0 Å². The number of halogens is 2. The van der Waals surface area contributed by atoms with Crippen LogP contribution < -0.4 is 5.32 Å². The van der Waals surface area contributed by atoms with Gasteiger partial charge in [-0.15, -0.1) is 0 Å². The van der Waals surface area contributed by atoms with Gasteiger partial charge in [0.15, 0.2) is 0 Å². The van der Waals surface area contributed by atoms with Crippen molar-refractivity contribution >= 4 is 23.2 Å². The van der Waals surface area contributed by atoms with E-state index in [9.17, 15) is 0 Å². The average Bonchev–Trinajstić information content (AvgIpc) is 3.27. The minimum atomic E-state index is 0.660. The fourth-order valence-corrected chi connectivity index (χ4v) is 3.26. The molecule has 2 nitrogen and oxygen atoms in total. The Morgan fingerprint density at radius 3 is 2.55 bits per heavy atom. The molecule has 1 saturated carbocycles. The fourth-order valence-electron chi connectivity index (χ4n) is 2.88. The van der Waals surface area contributed by atoms with Crippen molar-refractivity contribution < 1.29 is 0 Å². The lowest BCUT2D eigenvalue weighted by atomic mass is 9.96. The lowest BCUT2D eigenvalue weighted by Crippen LogP contribution is -2.37. The van der Waals surface area contributed by atoms with E-state index < -0.39 is 0 Å². The topological polar surface area (TPSA) is 15.3 Å². The molecule has 0 aromatic heterocycles. The second-order valence-corrected chi connectivity index (χ2v) is 6.90. The third-order valence-corrected chi connectivity index (χ3v) is 5.26. The van der Waals surface area contributed by atoms with Gasteiger partial charge in [-0.25, -0.2) is 0 Å². The number of benzene rings is 1. The lowest BCUT2D eigenvalue weighted by Gasteiger charge is -2.32. The van der Waals surface area contributed by atoms with Crippen molar-refractivity contribution in [1.82, 2.24) is 10.2 Å². The zero-order valence-corrected chi connectivity index (χ0v) is 13.3. The predicted octanol–water partition coefficient (Wildman–Crippen LogP) is 3.96. The van der Waals surface area contributed by atoms with Gasteiger partial charge in [0, 0.05) is 12.6 Å². The summed E-state index contributed by atoms with van der Waals surface area (Å²) in [4.78, 5) is 2.49. The first-order chi connectivity index (χ1) is 9.72. The fraction of sp³-hybridized carbons (Fsp3) is 0.625. The molecule has 1 aromatic carbocycles. The van der Waals surface area contributed by atoms with E-state index in [1.165, 1.54) is 45.3 Å². The monoisotopic (exact) mass is 312 g/mol. The summed E-state index contributed by atoms with van der Waals surface area (Å²) in [6, 6.07) is 6.74. The maximum Gasteiger partial charge on any atom is 0.0637 e. The number of nitrogens with zero attached hydrogens (tertiary/aromatic N) is 1. The molecule has 0 unspecified atom stereocenters. The van der Waals surface area contributed by atoms with Gasteiger partial charge >= 0.3 is 0 Å². The van der Waals surface area contributed by atoms with Gasteiger partial charge in [0.2, 0.25) is 0 Å². The summed E-state index contributed by atoms with van der Waals surface area (Å²) in [6.45, 7) is 4.46. The second-order valence-electron chi connectivity index (χ2n) is 6.11. The highest BCUT2D eigenvalue weighted by atomic mass is 35.5. The smallest absolute Gasteiger partial charge is 0.0637 e. The summed E-state index contributed by atoms with van der Waals surface area (Å²) < 4.78 is 0. The quantitative estimate of drug-likeness (QED) is 0.885. The molecule has 0 atom stereocenters. The molecule has 3 rings (SSSR count). The van der Waals surface area contributed by atoms with Crippen molar-refractivity contribution in [2.75, 3.05) is 19.6 Å². The third kappa shape index (κ3) is 3.88. The molecule has 20 heavy (non-hydrogen) atoms. The Labute approximate surface area is 131 Å². The summed E-state index contributed by atoms with van der Waals surface area (Å²) in [5.74, 6) is 0.849. The van der Waals surface area contributed by atoms with Gasteiger partial charge in [-0.2, -0.15) is 0 Å². The molecule has 4 heteroatoms. The van der Waals surface area contributed by atoms with E-state index in [0.717, 1.165) is 24.1 Å². The molecule has 2 aliphatic rings. The Morgan fingerprint density at radius 1 is 1.10 bits per heavy atom. The van der Waals surface area contributed by atoms with Crippen molar-refractivity contribution in [3.8, 4) is 0 Å². The van der Waals surface area contributed by atoms with E-state index in [2.05, 4.69) is 16.3 Å². The van der Waals surface area contributed by atoms with Crippen LogP contribution in [-0.2, 0) is 6.54 Å². The Kier molecular flexibility index (Phi) is 4.87. The Hall–Kier alpha value is -0.280. The number of hydrogen-bond acceptors (Lipinski definition) is 2. The SMILES string of the molecule is Clc1cccc(CN2CCC(CNC3CC3)CC2)c1Cl. The molecule has 0 amide bonds. The first-order valence-electron chi connectivity index (χ1n) is 7.61. The molecule has 0 spiro atoms. The maximum absolute atomic E-state index is 6.26. The predicted molar refractivity (Wildman–Crippen MR) is 85.5 cm³/mol. The number of hydrogen-bond donors (Lipinski definition) is 1. The van der Waals surface area contributed by atoms with Crippen LogP contribution in [0.25, 0.3) is 0 Å². The van der Waals surface area contributed by atoms with E-state index in [4.69, 9.17) is 23.2 Å². The van der Waals surface area contributed by atoms with Crippen LogP contribution in [-0.4, -0.2) is 30.6 Å². The second kappa shape index (κ2) is 6.65. The number of nitrogens with one attached hydrogen (secondary N) is 1. The molecule has 1 aliphatic heterocycles. The van der Waals surface area contributed by atoms with Gasteiger partial charge in [0.05, 0.1) is 10.0 Å². The molecule has 2 fully saturated rings. The zero-order chi connectivity index (χ0) is 13.9. The molecule has 1 saturated heterocycles. The molecule has 1 heterocycles. The minimum Gasteiger partial charge on any atom is -0.314 e. The average molecular weight is 313 g/mol. The molecule has 0 bridgehead atoms. The van der Waals surface area contributed by atoms with Crippen LogP contribution in [0, 0.1) is 5.92 Å². The highest BCUT2D eigenvalue weighted by Gasteiger charge is 2.24. The van der Waals surface area contributed by atoms with Crippen molar-refractivity contribution in [3.05, 3.63) is 33.8 Å². The number of likely N-dealkylation sites (tertiary alicyclic amines) is 1. The Morgan fingerprint density at radius 2 is 1.85 bits per heavy atom. The van der Waals surface area contributed by atoms with Crippen LogP contribution >= 0.6 is 23.2 Å². The van der Waals surface area contributed by atoms with Crippen molar-refractivity contribution in [2.45, 2.75) is 38.3 Å². The summed E-state index contributed by atoms with van der Waals surface area (Å²) in [5, 5.41) is 5.02. The molecule has 1 aromatic rings. The van der Waals surface area contributed by atoms with Gasteiger partial charge in [-0.05, 0) is 62.9 Å². The van der Waals surface area contributed by atoms with E-state index >= 15 is 0 Å². The Bertz CT molecular complexity index is 452. The van der Waals surface area contributed by atoms with Gasteiger partial charge in [0.1, 0.15) is 0 Å². The van der Waals surface area contributed by atoms with E-state index in [1.807, 2.05) is 12.1 Å². The molecule has 1 N–H and O–H groups in total. The summed E-state index contributed by atoms with van der Waals surface area (Å²) >= 11 is 12.3. The van der Waals surface area contributed by atoms with E-state index in [1.54, 1.807) is 0 Å². The van der Waals surface area contributed by atoms with Crippen molar-refractivity contribution in [3.63, 3.8) is 0 Å². The molecule has 1 aliphatic carbocycles. The van der Waals surface area contributed by atoms with Crippen LogP contribution in [0.2, 0.25) is 10.0 Å². The standard InChI is InChI=1S/C16H22Cl2N2/c17-15-3-1-2-13(16(15)18)11-20-8-6-12(7-9-20)10-19-14-4-5-14/h1-3,12,14,19H,4-11H2. The van der Waals surface area contributed by atoms with Crippen LogP contribution in [0.4, 0.5) is 0 Å². The van der Waals surface area contributed by atoms with Crippen LogP contribution in [0.3, 0.4) is 0 Å².